The summed E-state index contributed by atoms with van der Waals surface area (Å²) in [5.41, 5.74) is 3.36. The quantitative estimate of drug-likeness (QED) is 0.616. The van der Waals surface area contributed by atoms with E-state index in [9.17, 15) is 14.4 Å². The second-order valence-corrected chi connectivity index (χ2v) is 7.13. The molecule has 0 spiro atoms. The van der Waals surface area contributed by atoms with E-state index in [0.717, 1.165) is 10.6 Å². The molecule has 3 rings (SSSR count). The topological polar surface area (TPSA) is 88.2 Å². The highest BCUT2D eigenvalue weighted by atomic mass is 32.1. The number of nitrogens with one attached hydrogen (secondary N) is 2. The molecular weight excluding hydrogens is 374 g/mol. The monoisotopic (exact) mass is 393 g/mol. The van der Waals surface area contributed by atoms with Crippen molar-refractivity contribution in [3.63, 3.8) is 0 Å². The van der Waals surface area contributed by atoms with Crippen molar-refractivity contribution in [3.05, 3.63) is 65.2 Å². The van der Waals surface area contributed by atoms with Crippen molar-refractivity contribution in [3.8, 4) is 10.6 Å². The Morgan fingerprint density at radius 2 is 1.68 bits per heavy atom. The van der Waals surface area contributed by atoms with Crippen LogP contribution in [0.5, 0.6) is 0 Å². The highest BCUT2D eigenvalue weighted by molar-refractivity contribution is 7.13. The number of aromatic nitrogens is 1. The third-order valence-corrected chi connectivity index (χ3v) is 4.82. The van der Waals surface area contributed by atoms with E-state index in [0.29, 0.717) is 22.6 Å². The second kappa shape index (κ2) is 8.58. The zero-order valence-electron chi connectivity index (χ0n) is 15.5. The second-order valence-electron chi connectivity index (χ2n) is 6.27. The summed E-state index contributed by atoms with van der Waals surface area (Å²) >= 11 is 1.44. The lowest BCUT2D eigenvalue weighted by molar-refractivity contribution is -0.116. The Labute approximate surface area is 166 Å². The highest BCUT2D eigenvalue weighted by Crippen LogP contribution is 2.26. The van der Waals surface area contributed by atoms with Crippen molar-refractivity contribution in [2.75, 3.05) is 10.6 Å². The summed E-state index contributed by atoms with van der Waals surface area (Å²) in [5, 5.41) is 8.15. The number of benzene rings is 2. The van der Waals surface area contributed by atoms with Crippen molar-refractivity contribution in [2.45, 2.75) is 20.3 Å². The smallest absolute Gasteiger partial charge is 0.230 e. The summed E-state index contributed by atoms with van der Waals surface area (Å²) in [7, 11) is 0. The summed E-state index contributed by atoms with van der Waals surface area (Å²) in [5.74, 6) is -0.395. The fraction of sp³-hybridized carbons (Fsp3) is 0.143. The van der Waals surface area contributed by atoms with Crippen LogP contribution in [0.3, 0.4) is 0 Å². The SMILES string of the molecule is CC(=O)Nc1cccc(-c2nc(CC(=O)Nc3cccc(C(C)=O)c3)cs2)c1. The van der Waals surface area contributed by atoms with Crippen LogP contribution in [-0.2, 0) is 16.0 Å². The first-order valence-corrected chi connectivity index (χ1v) is 9.52. The average Bonchev–Trinajstić information content (AvgIpc) is 3.10. The molecule has 7 heteroatoms. The number of carbonyl (C=O) groups excluding carboxylic acids is 3. The largest absolute Gasteiger partial charge is 0.326 e. The zero-order valence-corrected chi connectivity index (χ0v) is 16.3. The van der Waals surface area contributed by atoms with Gasteiger partial charge in [-0.25, -0.2) is 4.98 Å². The lowest BCUT2D eigenvalue weighted by Gasteiger charge is -2.05. The lowest BCUT2D eigenvalue weighted by Crippen LogP contribution is -2.14. The molecule has 0 aliphatic heterocycles. The molecule has 2 amide bonds. The summed E-state index contributed by atoms with van der Waals surface area (Å²) in [6.07, 6.45) is 0.131. The Kier molecular flexibility index (Phi) is 5.96. The van der Waals surface area contributed by atoms with Crippen molar-refractivity contribution >= 4 is 40.3 Å². The molecule has 0 atom stereocenters. The number of nitrogens with zero attached hydrogens (tertiary/aromatic N) is 1. The van der Waals surface area contributed by atoms with Gasteiger partial charge in [0.15, 0.2) is 5.78 Å². The number of thiazole rings is 1. The average molecular weight is 393 g/mol. The molecule has 142 valence electrons. The minimum absolute atomic E-state index is 0.0539. The Morgan fingerprint density at radius 1 is 0.964 bits per heavy atom. The van der Waals surface area contributed by atoms with Crippen LogP contribution in [0.4, 0.5) is 11.4 Å². The normalized spacial score (nSPS) is 10.4. The van der Waals surface area contributed by atoms with Gasteiger partial charge in [-0.2, -0.15) is 0 Å². The fourth-order valence-electron chi connectivity index (χ4n) is 2.64. The molecule has 1 aromatic heterocycles. The van der Waals surface area contributed by atoms with E-state index in [1.165, 1.54) is 25.2 Å². The van der Waals surface area contributed by atoms with Crippen LogP contribution >= 0.6 is 11.3 Å². The molecule has 0 fully saturated rings. The first-order valence-electron chi connectivity index (χ1n) is 8.64. The maximum Gasteiger partial charge on any atom is 0.230 e. The number of hydrogen-bond donors (Lipinski definition) is 2. The standard InChI is InChI=1S/C21H19N3O3S/c1-13(25)15-5-3-8-18(9-15)23-20(27)11-19-12-28-21(24-19)16-6-4-7-17(10-16)22-14(2)26/h3-10,12H,11H2,1-2H3,(H,22,26)(H,23,27). The van der Waals surface area contributed by atoms with Crippen molar-refractivity contribution in [2.24, 2.45) is 0 Å². The Morgan fingerprint density at radius 3 is 2.39 bits per heavy atom. The van der Waals surface area contributed by atoms with E-state index in [4.69, 9.17) is 0 Å². The Hall–Kier alpha value is -3.32. The minimum atomic E-state index is -0.204. The summed E-state index contributed by atoms with van der Waals surface area (Å²) < 4.78 is 0. The van der Waals surface area contributed by atoms with Gasteiger partial charge in [-0.15, -0.1) is 11.3 Å². The van der Waals surface area contributed by atoms with E-state index in [-0.39, 0.29) is 24.0 Å². The first kappa shape index (κ1) is 19.4. The van der Waals surface area contributed by atoms with E-state index in [2.05, 4.69) is 15.6 Å². The van der Waals surface area contributed by atoms with Crippen LogP contribution in [0.25, 0.3) is 10.6 Å². The maximum absolute atomic E-state index is 12.3. The van der Waals surface area contributed by atoms with E-state index in [1.54, 1.807) is 24.3 Å². The molecule has 0 aliphatic carbocycles. The number of rotatable bonds is 6. The lowest BCUT2D eigenvalue weighted by atomic mass is 10.1. The number of carbonyl (C=O) groups is 3. The van der Waals surface area contributed by atoms with Gasteiger partial charge < -0.3 is 10.6 Å². The maximum atomic E-state index is 12.3. The molecule has 3 aromatic rings. The van der Waals surface area contributed by atoms with Crippen molar-refractivity contribution < 1.29 is 14.4 Å². The predicted molar refractivity (Wildman–Crippen MR) is 111 cm³/mol. The summed E-state index contributed by atoms with van der Waals surface area (Å²) in [6, 6.07) is 14.2. The van der Waals surface area contributed by atoms with Crippen molar-refractivity contribution in [1.29, 1.82) is 0 Å². The molecule has 0 saturated carbocycles. The summed E-state index contributed by atoms with van der Waals surface area (Å²) in [4.78, 5) is 39.5. The Bertz CT molecular complexity index is 1040. The van der Waals surface area contributed by atoms with E-state index in [1.807, 2.05) is 29.6 Å². The molecule has 2 N–H and O–H groups in total. The van der Waals surface area contributed by atoms with Crippen LogP contribution < -0.4 is 10.6 Å². The number of ketones is 1. The van der Waals surface area contributed by atoms with Crippen LogP contribution in [0.1, 0.15) is 29.9 Å². The molecule has 0 unspecified atom stereocenters. The molecule has 0 aliphatic rings. The van der Waals surface area contributed by atoms with Crippen LogP contribution in [-0.4, -0.2) is 22.6 Å². The first-order chi connectivity index (χ1) is 13.4. The number of amides is 2. The van der Waals surface area contributed by atoms with E-state index < -0.39 is 0 Å². The van der Waals surface area contributed by atoms with Gasteiger partial charge >= 0.3 is 0 Å². The van der Waals surface area contributed by atoms with Gasteiger partial charge in [0.2, 0.25) is 11.8 Å². The number of anilines is 2. The number of Topliss-reactive ketones (excluding diaryl/α,β-unsaturated/α-hetero) is 1. The minimum Gasteiger partial charge on any atom is -0.326 e. The van der Waals surface area contributed by atoms with Gasteiger partial charge in [0, 0.05) is 34.8 Å². The van der Waals surface area contributed by atoms with Gasteiger partial charge in [-0.3, -0.25) is 14.4 Å². The molecule has 2 aromatic carbocycles. The molecule has 1 heterocycles. The van der Waals surface area contributed by atoms with Gasteiger partial charge in [-0.1, -0.05) is 24.3 Å². The molecule has 0 bridgehead atoms. The van der Waals surface area contributed by atoms with Gasteiger partial charge in [-0.05, 0) is 31.2 Å². The molecule has 0 radical (unpaired) electrons. The Balaban J connectivity index is 1.67. The molecular formula is C21H19N3O3S. The highest BCUT2D eigenvalue weighted by Gasteiger charge is 2.11. The van der Waals surface area contributed by atoms with Crippen LogP contribution in [0.2, 0.25) is 0 Å². The number of hydrogen-bond acceptors (Lipinski definition) is 5. The third kappa shape index (κ3) is 5.11. The predicted octanol–water partition coefficient (Wildman–Crippen LogP) is 4.15. The fourth-order valence-corrected chi connectivity index (χ4v) is 3.46. The van der Waals surface area contributed by atoms with Gasteiger partial charge in [0.25, 0.3) is 0 Å². The third-order valence-electron chi connectivity index (χ3n) is 3.88. The molecule has 6 nitrogen and oxygen atoms in total. The van der Waals surface area contributed by atoms with Gasteiger partial charge in [0.1, 0.15) is 5.01 Å². The molecule has 0 saturated heterocycles. The van der Waals surface area contributed by atoms with Crippen LogP contribution in [0.15, 0.2) is 53.9 Å². The zero-order chi connectivity index (χ0) is 20.1. The summed E-state index contributed by atoms with van der Waals surface area (Å²) in [6.45, 7) is 2.94. The van der Waals surface area contributed by atoms with Gasteiger partial charge in [0.05, 0.1) is 12.1 Å². The van der Waals surface area contributed by atoms with Crippen molar-refractivity contribution in [1.82, 2.24) is 4.98 Å². The van der Waals surface area contributed by atoms with Crippen LogP contribution in [0, 0.1) is 0 Å². The van der Waals surface area contributed by atoms with E-state index >= 15 is 0 Å². The molecule has 28 heavy (non-hydrogen) atoms.